The molecule has 6 nitrogen and oxygen atoms in total. The first-order chi connectivity index (χ1) is 13.7. The Morgan fingerprint density at radius 3 is 2.48 bits per heavy atom. The summed E-state index contributed by atoms with van der Waals surface area (Å²) in [4.78, 5) is 4.25. The summed E-state index contributed by atoms with van der Waals surface area (Å²) < 4.78 is 47.6. The fraction of sp³-hybridized carbons (Fsp3) is 0.850. The minimum absolute atomic E-state index is 0.0644. The van der Waals surface area contributed by atoms with Gasteiger partial charge in [0.05, 0.1) is 36.9 Å². The van der Waals surface area contributed by atoms with Crippen molar-refractivity contribution in [2.24, 2.45) is 27.8 Å². The molecule has 0 aromatic carbocycles. The topological polar surface area (TPSA) is 106 Å². The van der Waals surface area contributed by atoms with Crippen LogP contribution in [-0.2, 0) is 4.74 Å². The maximum absolute atomic E-state index is 13.9. The monoisotopic (exact) mass is 420 g/mol. The van der Waals surface area contributed by atoms with Crippen LogP contribution < -0.4 is 16.8 Å². The molecular formula is C20H35F3N4O2. The van der Waals surface area contributed by atoms with Gasteiger partial charge in [-0.1, -0.05) is 13.3 Å². The van der Waals surface area contributed by atoms with Crippen LogP contribution in [-0.4, -0.2) is 55.6 Å². The van der Waals surface area contributed by atoms with E-state index < -0.39 is 17.5 Å². The summed E-state index contributed by atoms with van der Waals surface area (Å²) in [5.74, 6) is -0.515. The Morgan fingerprint density at radius 2 is 1.97 bits per heavy atom. The molecule has 0 amide bonds. The Bertz CT molecular complexity index is 591. The Morgan fingerprint density at radius 1 is 1.31 bits per heavy atom. The number of halogens is 3. The molecule has 0 aromatic rings. The van der Waals surface area contributed by atoms with Gasteiger partial charge in [0.25, 0.3) is 0 Å². The molecule has 3 rings (SSSR count). The van der Waals surface area contributed by atoms with Crippen LogP contribution in [0.15, 0.2) is 16.3 Å². The Kier molecular flexibility index (Phi) is 8.51. The van der Waals surface area contributed by atoms with Crippen LogP contribution in [0.25, 0.3) is 0 Å². The molecule has 168 valence electrons. The van der Waals surface area contributed by atoms with Gasteiger partial charge in [0.15, 0.2) is 0 Å². The van der Waals surface area contributed by atoms with Gasteiger partial charge >= 0.3 is 6.18 Å². The minimum Gasteiger partial charge on any atom is -0.382 e. The number of nitrogens with two attached hydrogens (primary N) is 2. The molecule has 4 atom stereocenters. The zero-order valence-electron chi connectivity index (χ0n) is 17.3. The van der Waals surface area contributed by atoms with Crippen LogP contribution in [0.2, 0.25) is 0 Å². The van der Waals surface area contributed by atoms with Crippen LogP contribution >= 0.6 is 0 Å². The third-order valence-electron chi connectivity index (χ3n) is 6.36. The number of nitrogens with zero attached hydrogens (tertiary/aromatic N) is 1. The van der Waals surface area contributed by atoms with Crippen LogP contribution in [0.3, 0.4) is 0 Å². The molecule has 1 aliphatic carbocycles. The Labute approximate surface area is 171 Å². The summed E-state index contributed by atoms with van der Waals surface area (Å²) in [5, 5.41) is 10.8. The molecule has 3 aliphatic rings. The normalized spacial score (nSPS) is 27.9. The minimum atomic E-state index is -4.16. The second-order valence-corrected chi connectivity index (χ2v) is 8.16. The maximum Gasteiger partial charge on any atom is 0.395 e. The van der Waals surface area contributed by atoms with E-state index in [0.717, 1.165) is 24.1 Å². The summed E-state index contributed by atoms with van der Waals surface area (Å²) in [6, 6.07) is -0.0669. The molecule has 0 spiro atoms. The van der Waals surface area contributed by atoms with Gasteiger partial charge in [-0.25, -0.2) is 0 Å². The number of fused-ring (bicyclic) bond motifs is 2. The number of nitrogens with one attached hydrogen (secondary N) is 1. The first-order valence-corrected chi connectivity index (χ1v) is 10.4. The fourth-order valence-corrected chi connectivity index (χ4v) is 4.67. The smallest absolute Gasteiger partial charge is 0.382 e. The van der Waals surface area contributed by atoms with Crippen molar-refractivity contribution in [1.82, 2.24) is 5.32 Å². The molecule has 2 fully saturated rings. The number of hydrogen-bond donors (Lipinski definition) is 4. The van der Waals surface area contributed by atoms with Gasteiger partial charge in [-0.2, -0.15) is 13.2 Å². The Hall–Kier alpha value is -1.16. The number of alkyl halides is 3. The highest BCUT2D eigenvalue weighted by Gasteiger charge is 2.62. The van der Waals surface area contributed by atoms with Crippen molar-refractivity contribution in [3.63, 3.8) is 0 Å². The molecule has 29 heavy (non-hydrogen) atoms. The quantitative estimate of drug-likeness (QED) is 0.374. The molecular weight excluding hydrogens is 385 g/mol. The van der Waals surface area contributed by atoms with E-state index in [9.17, 15) is 13.2 Å². The number of ether oxygens (including phenoxy) is 1. The molecule has 2 bridgehead atoms. The van der Waals surface area contributed by atoms with E-state index in [4.69, 9.17) is 15.6 Å². The summed E-state index contributed by atoms with van der Waals surface area (Å²) in [5.41, 5.74) is 10.1. The van der Waals surface area contributed by atoms with Gasteiger partial charge in [-0.05, 0) is 50.5 Å². The van der Waals surface area contributed by atoms with Crippen molar-refractivity contribution in [2.45, 2.75) is 76.8 Å². The highest BCUT2D eigenvalue weighted by molar-refractivity contribution is 5.64. The van der Waals surface area contributed by atoms with Crippen molar-refractivity contribution in [2.75, 3.05) is 19.8 Å². The van der Waals surface area contributed by atoms with Gasteiger partial charge in [0, 0.05) is 18.5 Å². The summed E-state index contributed by atoms with van der Waals surface area (Å²) in [6.07, 6.45) is 1.10. The van der Waals surface area contributed by atoms with Crippen molar-refractivity contribution in [3.05, 3.63) is 11.3 Å². The lowest BCUT2D eigenvalue weighted by Crippen LogP contribution is -2.51. The largest absolute Gasteiger partial charge is 0.395 e. The summed E-state index contributed by atoms with van der Waals surface area (Å²) in [7, 11) is 0. The van der Waals surface area contributed by atoms with Crippen LogP contribution in [0.4, 0.5) is 13.2 Å². The van der Waals surface area contributed by atoms with E-state index in [1.807, 2.05) is 6.92 Å². The van der Waals surface area contributed by atoms with Crippen LogP contribution in [0, 0.1) is 11.3 Å². The van der Waals surface area contributed by atoms with E-state index in [1.54, 1.807) is 13.1 Å². The average molecular weight is 421 g/mol. The molecule has 6 N–H and O–H groups in total. The van der Waals surface area contributed by atoms with Gasteiger partial charge < -0.3 is 26.6 Å². The van der Waals surface area contributed by atoms with Crippen LogP contribution in [0.1, 0.15) is 52.4 Å². The van der Waals surface area contributed by atoms with E-state index in [1.165, 1.54) is 0 Å². The van der Waals surface area contributed by atoms with Gasteiger partial charge in [-0.3, -0.25) is 4.99 Å². The summed E-state index contributed by atoms with van der Waals surface area (Å²) >= 11 is 0. The molecule has 2 aliphatic heterocycles. The van der Waals surface area contributed by atoms with E-state index in [0.29, 0.717) is 25.9 Å². The number of hydrogen-bond acceptors (Lipinski definition) is 6. The Balaban J connectivity index is 0.000000941. The highest BCUT2D eigenvalue weighted by atomic mass is 19.4. The lowest BCUT2D eigenvalue weighted by Gasteiger charge is -2.49. The van der Waals surface area contributed by atoms with Crippen molar-refractivity contribution in [1.29, 1.82) is 0 Å². The number of rotatable bonds is 7. The van der Waals surface area contributed by atoms with Crippen molar-refractivity contribution in [3.8, 4) is 0 Å². The second-order valence-electron chi connectivity index (χ2n) is 8.16. The third-order valence-corrected chi connectivity index (χ3v) is 6.36. The van der Waals surface area contributed by atoms with E-state index in [-0.39, 0.29) is 37.8 Å². The number of aliphatic imine (C=N–C) groups is 1. The van der Waals surface area contributed by atoms with Crippen LogP contribution in [0.5, 0.6) is 0 Å². The van der Waals surface area contributed by atoms with Gasteiger partial charge in [-0.15, -0.1) is 0 Å². The summed E-state index contributed by atoms with van der Waals surface area (Å²) in [6.45, 7) is 4.50. The van der Waals surface area contributed by atoms with Gasteiger partial charge in [0.2, 0.25) is 0 Å². The standard InChI is InChI=1S/C19H30F3N3O.CH5NO/c1-12(11-24-9-8-23)25-17-15(10-14-4-5-16(17)26-14)13(2)18(6-3-7-18)19(20,21)22;2-1-3/h11-14,16,25H,3-10,23H2,1-2H3;3H,1-2H2. The molecule has 9 heteroatoms. The molecule has 2 heterocycles. The highest BCUT2D eigenvalue weighted by Crippen LogP contribution is 2.60. The fourth-order valence-electron chi connectivity index (χ4n) is 4.67. The first-order valence-electron chi connectivity index (χ1n) is 10.4. The maximum atomic E-state index is 13.9. The van der Waals surface area contributed by atoms with Crippen molar-refractivity contribution < 1.29 is 23.0 Å². The third kappa shape index (κ3) is 5.31. The molecule has 0 radical (unpaired) electrons. The molecule has 4 unspecified atom stereocenters. The first kappa shape index (κ1) is 24.1. The predicted octanol–water partition coefficient (Wildman–Crippen LogP) is 2.46. The van der Waals surface area contributed by atoms with Crippen molar-refractivity contribution >= 4 is 6.21 Å². The molecule has 0 aromatic heterocycles. The SMILES string of the molecule is CC(C=NCCN)NC1=C(C(C)C2(C(F)(F)F)CCC2)CC2CCC1O2.NCO. The molecule has 1 saturated carbocycles. The van der Waals surface area contributed by atoms with E-state index >= 15 is 0 Å². The van der Waals surface area contributed by atoms with Gasteiger partial charge in [0.1, 0.15) is 0 Å². The second kappa shape index (κ2) is 10.2. The predicted molar refractivity (Wildman–Crippen MR) is 107 cm³/mol. The average Bonchev–Trinajstić information content (AvgIpc) is 2.98. The molecule has 1 saturated heterocycles. The van der Waals surface area contributed by atoms with E-state index in [2.05, 4.69) is 16.0 Å². The lowest BCUT2D eigenvalue weighted by molar-refractivity contribution is -0.265. The number of aliphatic hydroxyl groups excluding tert-OH is 1. The number of aliphatic hydroxyl groups is 1. The zero-order valence-corrected chi connectivity index (χ0v) is 17.3. The zero-order chi connectivity index (χ0) is 21.7. The lowest BCUT2D eigenvalue weighted by atomic mass is 9.58.